The molecule has 0 bridgehead atoms. The fourth-order valence-electron chi connectivity index (χ4n) is 2.03. The minimum Gasteiger partial charge on any atom is -0.392 e. The molecule has 0 amide bonds. The molecular formula is C13H27NOS. The smallest absolute Gasteiger partial charge is 0.0693 e. The fraction of sp³-hybridized carbons (Fsp3) is 1.00. The Morgan fingerprint density at radius 3 is 2.81 bits per heavy atom. The second kappa shape index (κ2) is 7.57. The maximum Gasteiger partial charge on any atom is 0.0693 e. The van der Waals surface area contributed by atoms with Crippen molar-refractivity contribution in [2.24, 2.45) is 11.8 Å². The summed E-state index contributed by atoms with van der Waals surface area (Å²) in [4.78, 5) is 2.42. The van der Waals surface area contributed by atoms with Gasteiger partial charge in [-0.25, -0.2) is 0 Å². The second-order valence-corrected chi connectivity index (χ2v) is 6.61. The summed E-state index contributed by atoms with van der Waals surface area (Å²) < 4.78 is 0. The lowest BCUT2D eigenvalue weighted by Crippen LogP contribution is -2.43. The number of β-amino-alcohol motifs (C(OH)–C–C–N with tert-alkyl or cyclic N) is 1. The van der Waals surface area contributed by atoms with Crippen molar-refractivity contribution in [1.82, 2.24) is 4.90 Å². The lowest BCUT2D eigenvalue weighted by Gasteiger charge is -2.34. The van der Waals surface area contributed by atoms with E-state index in [-0.39, 0.29) is 6.10 Å². The Bertz CT molecular complexity index is 187. The minimum absolute atomic E-state index is 0.0999. The molecule has 3 heteroatoms. The van der Waals surface area contributed by atoms with Crippen molar-refractivity contribution >= 4 is 11.8 Å². The van der Waals surface area contributed by atoms with Gasteiger partial charge in [0.1, 0.15) is 0 Å². The third kappa shape index (κ3) is 5.55. The third-order valence-electron chi connectivity index (χ3n) is 3.22. The molecule has 0 radical (unpaired) electrons. The van der Waals surface area contributed by atoms with E-state index >= 15 is 0 Å². The van der Waals surface area contributed by atoms with Crippen molar-refractivity contribution < 1.29 is 5.11 Å². The third-order valence-corrected chi connectivity index (χ3v) is 4.70. The van der Waals surface area contributed by atoms with Crippen LogP contribution in [0.4, 0.5) is 0 Å². The van der Waals surface area contributed by atoms with Gasteiger partial charge in [0.05, 0.1) is 6.10 Å². The van der Waals surface area contributed by atoms with Crippen LogP contribution in [0.1, 0.15) is 33.6 Å². The van der Waals surface area contributed by atoms with Gasteiger partial charge in [-0.1, -0.05) is 20.8 Å². The molecule has 0 aliphatic carbocycles. The zero-order valence-corrected chi connectivity index (χ0v) is 11.8. The lowest BCUT2D eigenvalue weighted by atomic mass is 9.96. The van der Waals surface area contributed by atoms with Crippen molar-refractivity contribution in [2.45, 2.75) is 39.7 Å². The summed E-state index contributed by atoms with van der Waals surface area (Å²) >= 11 is 2.06. The first-order valence-electron chi connectivity index (χ1n) is 6.57. The van der Waals surface area contributed by atoms with E-state index in [4.69, 9.17) is 0 Å². The maximum atomic E-state index is 9.78. The largest absolute Gasteiger partial charge is 0.392 e. The molecule has 2 atom stereocenters. The van der Waals surface area contributed by atoms with Crippen LogP contribution in [-0.4, -0.2) is 47.3 Å². The van der Waals surface area contributed by atoms with Crippen LogP contribution in [0.15, 0.2) is 0 Å². The first-order valence-corrected chi connectivity index (χ1v) is 7.73. The summed E-state index contributed by atoms with van der Waals surface area (Å²) in [6.07, 6.45) is 2.32. The summed E-state index contributed by atoms with van der Waals surface area (Å²) in [5.41, 5.74) is 0. The van der Waals surface area contributed by atoms with Crippen LogP contribution >= 0.6 is 11.8 Å². The fourth-order valence-corrected chi connectivity index (χ4v) is 3.00. The standard InChI is InChI=1S/C13H27NOS/c1-11(2)10-16-8-4-6-14-7-5-12(3)13(15)9-14/h11-13,15H,4-10H2,1-3H3. The van der Waals surface area contributed by atoms with Crippen molar-refractivity contribution in [2.75, 3.05) is 31.1 Å². The Balaban J connectivity index is 2.01. The van der Waals surface area contributed by atoms with Crippen LogP contribution < -0.4 is 0 Å². The maximum absolute atomic E-state index is 9.78. The van der Waals surface area contributed by atoms with Crippen LogP contribution in [0.25, 0.3) is 0 Å². The number of nitrogens with zero attached hydrogens (tertiary/aromatic N) is 1. The van der Waals surface area contributed by atoms with Gasteiger partial charge in [0.2, 0.25) is 0 Å². The summed E-state index contributed by atoms with van der Waals surface area (Å²) in [5, 5.41) is 9.78. The van der Waals surface area contributed by atoms with Crippen LogP contribution in [-0.2, 0) is 0 Å². The van der Waals surface area contributed by atoms with Crippen molar-refractivity contribution in [3.8, 4) is 0 Å². The monoisotopic (exact) mass is 245 g/mol. The molecular weight excluding hydrogens is 218 g/mol. The number of piperidine rings is 1. The molecule has 1 heterocycles. The van der Waals surface area contributed by atoms with Crippen LogP contribution in [0, 0.1) is 11.8 Å². The normalized spacial score (nSPS) is 27.6. The molecule has 0 saturated carbocycles. The Morgan fingerprint density at radius 1 is 1.44 bits per heavy atom. The molecule has 2 unspecified atom stereocenters. The van der Waals surface area contributed by atoms with Gasteiger partial charge in [0.25, 0.3) is 0 Å². The van der Waals surface area contributed by atoms with Crippen molar-refractivity contribution in [3.05, 3.63) is 0 Å². The van der Waals surface area contributed by atoms with E-state index in [1.807, 2.05) is 0 Å². The topological polar surface area (TPSA) is 23.5 Å². The first-order chi connectivity index (χ1) is 7.59. The highest BCUT2D eigenvalue weighted by Crippen LogP contribution is 2.17. The van der Waals surface area contributed by atoms with E-state index in [9.17, 15) is 5.11 Å². The Morgan fingerprint density at radius 2 is 2.19 bits per heavy atom. The molecule has 0 spiro atoms. The average Bonchev–Trinajstić information content (AvgIpc) is 2.22. The van der Waals surface area contributed by atoms with Gasteiger partial charge in [0.15, 0.2) is 0 Å². The van der Waals surface area contributed by atoms with Crippen LogP contribution in [0.5, 0.6) is 0 Å². The van der Waals surface area contributed by atoms with Gasteiger partial charge in [-0.05, 0) is 49.3 Å². The molecule has 1 saturated heterocycles. The van der Waals surface area contributed by atoms with E-state index in [1.165, 1.54) is 24.5 Å². The highest BCUT2D eigenvalue weighted by atomic mass is 32.2. The lowest BCUT2D eigenvalue weighted by molar-refractivity contribution is 0.0295. The van der Waals surface area contributed by atoms with Gasteiger partial charge < -0.3 is 10.0 Å². The Labute approximate surface area is 105 Å². The Hall–Kier alpha value is 0.270. The van der Waals surface area contributed by atoms with Gasteiger partial charge in [-0.3, -0.25) is 0 Å². The molecule has 0 aromatic heterocycles. The number of aliphatic hydroxyl groups is 1. The summed E-state index contributed by atoms with van der Waals surface area (Å²) in [7, 11) is 0. The van der Waals surface area contributed by atoms with Crippen molar-refractivity contribution in [1.29, 1.82) is 0 Å². The second-order valence-electron chi connectivity index (χ2n) is 5.46. The molecule has 1 aliphatic rings. The number of rotatable bonds is 6. The quantitative estimate of drug-likeness (QED) is 0.727. The highest BCUT2D eigenvalue weighted by Gasteiger charge is 2.23. The molecule has 0 aromatic carbocycles. The van der Waals surface area contributed by atoms with Gasteiger partial charge in [0, 0.05) is 6.54 Å². The Kier molecular flexibility index (Phi) is 6.78. The molecule has 2 nitrogen and oxygen atoms in total. The molecule has 0 aromatic rings. The van der Waals surface area contributed by atoms with E-state index in [1.54, 1.807) is 0 Å². The van der Waals surface area contributed by atoms with E-state index in [2.05, 4.69) is 37.4 Å². The highest BCUT2D eigenvalue weighted by molar-refractivity contribution is 7.99. The summed E-state index contributed by atoms with van der Waals surface area (Å²) in [6.45, 7) is 9.92. The van der Waals surface area contributed by atoms with Gasteiger partial charge >= 0.3 is 0 Å². The van der Waals surface area contributed by atoms with E-state index in [0.29, 0.717) is 5.92 Å². The van der Waals surface area contributed by atoms with Crippen LogP contribution in [0.2, 0.25) is 0 Å². The SMILES string of the molecule is CC(C)CSCCCN1CCC(C)C(O)C1. The number of hydrogen-bond acceptors (Lipinski definition) is 3. The van der Waals surface area contributed by atoms with Gasteiger partial charge in [-0.15, -0.1) is 0 Å². The minimum atomic E-state index is -0.0999. The molecule has 1 fully saturated rings. The van der Waals surface area contributed by atoms with E-state index < -0.39 is 0 Å². The van der Waals surface area contributed by atoms with Crippen LogP contribution in [0.3, 0.4) is 0 Å². The molecule has 1 aliphatic heterocycles. The van der Waals surface area contributed by atoms with E-state index in [0.717, 1.165) is 25.4 Å². The van der Waals surface area contributed by atoms with Gasteiger partial charge in [-0.2, -0.15) is 11.8 Å². The first kappa shape index (κ1) is 14.3. The molecule has 1 rings (SSSR count). The molecule has 96 valence electrons. The summed E-state index contributed by atoms with van der Waals surface area (Å²) in [6, 6.07) is 0. The predicted octanol–water partition coefficient (Wildman–Crippen LogP) is 2.47. The molecule has 1 N–H and O–H groups in total. The summed E-state index contributed by atoms with van der Waals surface area (Å²) in [5.74, 6) is 3.84. The number of hydrogen-bond donors (Lipinski definition) is 1. The average molecular weight is 245 g/mol. The number of aliphatic hydroxyl groups excluding tert-OH is 1. The zero-order valence-electron chi connectivity index (χ0n) is 11.0. The number of thioether (sulfide) groups is 1. The van der Waals surface area contributed by atoms with Crippen molar-refractivity contribution in [3.63, 3.8) is 0 Å². The predicted molar refractivity (Wildman–Crippen MR) is 73.0 cm³/mol. The number of likely N-dealkylation sites (tertiary alicyclic amines) is 1. The molecule has 16 heavy (non-hydrogen) atoms. The zero-order chi connectivity index (χ0) is 12.0.